The predicted octanol–water partition coefficient (Wildman–Crippen LogP) is 3.28. The molecule has 3 heterocycles. The van der Waals surface area contributed by atoms with Crippen molar-refractivity contribution in [2.45, 2.75) is 89.3 Å². The number of piperidine rings is 2. The van der Waals surface area contributed by atoms with Gasteiger partial charge in [0.2, 0.25) is 0 Å². The molecule has 0 aromatic carbocycles. The SMILES string of the molecule is C[C@@H]1CN2[C@@H]3[C@@H]4CC[C@@]35CCC[C@H]5[C@@]3(CCC(=O)O)[C@@H]2[C@]1(O)CC[C@@]43C. The van der Waals surface area contributed by atoms with Gasteiger partial charge in [0.05, 0.1) is 5.60 Å². The van der Waals surface area contributed by atoms with Crippen LogP contribution in [-0.4, -0.2) is 45.3 Å². The number of carboxylic acids is 1. The second-order valence-corrected chi connectivity index (χ2v) is 11.1. The van der Waals surface area contributed by atoms with Crippen molar-refractivity contribution in [3.05, 3.63) is 0 Å². The largest absolute Gasteiger partial charge is 0.481 e. The lowest BCUT2D eigenvalue weighted by atomic mass is 9.33. The normalized spacial score (nSPS) is 61.9. The number of carboxylic acid groups (broad SMARTS) is 1. The molecule has 6 bridgehead atoms. The highest BCUT2D eigenvalue weighted by atomic mass is 16.4. The summed E-state index contributed by atoms with van der Waals surface area (Å²) in [6.45, 7) is 5.79. The van der Waals surface area contributed by atoms with Gasteiger partial charge in [-0.25, -0.2) is 0 Å². The van der Waals surface area contributed by atoms with E-state index in [2.05, 4.69) is 18.7 Å². The van der Waals surface area contributed by atoms with Crippen LogP contribution in [0.2, 0.25) is 0 Å². The van der Waals surface area contributed by atoms with Crippen LogP contribution < -0.4 is 0 Å². The van der Waals surface area contributed by atoms with Crippen LogP contribution in [0.25, 0.3) is 0 Å². The Labute approximate surface area is 156 Å². The minimum Gasteiger partial charge on any atom is -0.481 e. The molecule has 2 N–H and O–H groups in total. The van der Waals surface area contributed by atoms with Gasteiger partial charge in [0.25, 0.3) is 0 Å². The Balaban J connectivity index is 1.62. The Hall–Kier alpha value is -0.610. The number of aliphatic carboxylic acids is 1. The maximum atomic E-state index is 11.9. The summed E-state index contributed by atoms with van der Waals surface area (Å²) in [5, 5.41) is 21.5. The second kappa shape index (κ2) is 4.51. The molecule has 0 radical (unpaired) electrons. The molecule has 9 atom stereocenters. The van der Waals surface area contributed by atoms with E-state index in [1.165, 1.54) is 32.1 Å². The van der Waals surface area contributed by atoms with Gasteiger partial charge in [-0.05, 0) is 78.9 Å². The van der Waals surface area contributed by atoms with Crippen LogP contribution in [-0.2, 0) is 4.79 Å². The van der Waals surface area contributed by atoms with E-state index in [1.807, 2.05) is 0 Å². The van der Waals surface area contributed by atoms with Gasteiger partial charge < -0.3 is 10.2 Å². The molecule has 26 heavy (non-hydrogen) atoms. The number of rotatable bonds is 3. The number of nitrogens with zero attached hydrogens (tertiary/aromatic N) is 1. The van der Waals surface area contributed by atoms with Gasteiger partial charge in [-0.15, -0.1) is 0 Å². The van der Waals surface area contributed by atoms with Crippen molar-refractivity contribution in [3.8, 4) is 0 Å². The smallest absolute Gasteiger partial charge is 0.303 e. The first-order valence-electron chi connectivity index (χ1n) is 11.0. The van der Waals surface area contributed by atoms with E-state index in [9.17, 15) is 15.0 Å². The van der Waals surface area contributed by atoms with Crippen molar-refractivity contribution in [3.63, 3.8) is 0 Å². The second-order valence-electron chi connectivity index (χ2n) is 11.1. The third kappa shape index (κ3) is 1.37. The zero-order chi connectivity index (χ0) is 18.1. The van der Waals surface area contributed by atoms with Gasteiger partial charge in [-0.2, -0.15) is 0 Å². The topological polar surface area (TPSA) is 60.8 Å². The summed E-state index contributed by atoms with van der Waals surface area (Å²) in [5.74, 6) is 1.02. The molecule has 144 valence electrons. The summed E-state index contributed by atoms with van der Waals surface area (Å²) < 4.78 is 0. The van der Waals surface area contributed by atoms with Gasteiger partial charge in [0, 0.05) is 25.0 Å². The van der Waals surface area contributed by atoms with Crippen LogP contribution in [0.15, 0.2) is 0 Å². The number of carbonyl (C=O) groups is 1. The van der Waals surface area contributed by atoms with Crippen molar-refractivity contribution in [1.29, 1.82) is 0 Å². The van der Waals surface area contributed by atoms with Crippen molar-refractivity contribution >= 4 is 5.97 Å². The predicted molar refractivity (Wildman–Crippen MR) is 97.5 cm³/mol. The minimum atomic E-state index is -0.657. The van der Waals surface area contributed by atoms with E-state index < -0.39 is 11.6 Å². The average Bonchev–Trinajstić information content (AvgIpc) is 3.25. The highest BCUT2D eigenvalue weighted by Gasteiger charge is 2.85. The quantitative estimate of drug-likeness (QED) is 0.812. The molecule has 0 aromatic rings. The molecule has 4 nitrogen and oxygen atoms in total. The van der Waals surface area contributed by atoms with E-state index in [0.717, 1.165) is 31.7 Å². The van der Waals surface area contributed by atoms with E-state index in [1.54, 1.807) is 0 Å². The van der Waals surface area contributed by atoms with E-state index in [0.29, 0.717) is 23.3 Å². The van der Waals surface area contributed by atoms with Gasteiger partial charge >= 0.3 is 5.97 Å². The summed E-state index contributed by atoms with van der Waals surface area (Å²) >= 11 is 0. The van der Waals surface area contributed by atoms with Crippen molar-refractivity contribution < 1.29 is 15.0 Å². The summed E-state index contributed by atoms with van der Waals surface area (Å²) in [6, 6.07) is 0.868. The molecule has 0 amide bonds. The zero-order valence-electron chi connectivity index (χ0n) is 16.2. The lowest BCUT2D eigenvalue weighted by Gasteiger charge is -2.77. The fraction of sp³-hybridized carbons (Fsp3) is 0.955. The van der Waals surface area contributed by atoms with Gasteiger partial charge in [0.1, 0.15) is 0 Å². The lowest BCUT2D eigenvalue weighted by molar-refractivity contribution is -0.308. The molecule has 4 heteroatoms. The number of hydrogen-bond acceptors (Lipinski definition) is 3. The molecule has 7 fully saturated rings. The Morgan fingerprint density at radius 2 is 2.00 bits per heavy atom. The number of hydrogen-bond donors (Lipinski definition) is 2. The number of aliphatic hydroxyl groups is 1. The third-order valence-electron chi connectivity index (χ3n) is 11.0. The lowest BCUT2D eigenvalue weighted by Crippen LogP contribution is -2.81. The molecule has 0 unspecified atom stereocenters. The van der Waals surface area contributed by atoms with Gasteiger partial charge in [-0.1, -0.05) is 20.3 Å². The first-order valence-corrected chi connectivity index (χ1v) is 11.0. The van der Waals surface area contributed by atoms with Crippen LogP contribution in [0.3, 0.4) is 0 Å². The molecule has 1 spiro atoms. The molecule has 4 saturated carbocycles. The van der Waals surface area contributed by atoms with Crippen molar-refractivity contribution in [2.75, 3.05) is 6.54 Å². The summed E-state index contributed by atoms with van der Waals surface area (Å²) in [7, 11) is 0. The van der Waals surface area contributed by atoms with Crippen LogP contribution in [0.4, 0.5) is 0 Å². The highest BCUT2D eigenvalue weighted by molar-refractivity contribution is 5.67. The van der Waals surface area contributed by atoms with Crippen LogP contribution in [0, 0.1) is 34.0 Å². The summed E-state index contributed by atoms with van der Waals surface area (Å²) in [4.78, 5) is 14.4. The van der Waals surface area contributed by atoms with Crippen LogP contribution in [0.1, 0.15) is 71.6 Å². The molecular weight excluding hydrogens is 326 g/mol. The van der Waals surface area contributed by atoms with Gasteiger partial charge in [0.15, 0.2) is 0 Å². The Morgan fingerprint density at radius 1 is 1.19 bits per heavy atom. The van der Waals surface area contributed by atoms with E-state index >= 15 is 0 Å². The third-order valence-corrected chi connectivity index (χ3v) is 11.0. The molecule has 3 aliphatic heterocycles. The first kappa shape index (κ1) is 16.4. The molecule has 7 rings (SSSR count). The fourth-order valence-electron chi connectivity index (χ4n) is 10.4. The summed E-state index contributed by atoms with van der Waals surface area (Å²) in [5.41, 5.74) is 0.0664. The molecule has 4 aliphatic carbocycles. The highest BCUT2D eigenvalue weighted by Crippen LogP contribution is 2.84. The monoisotopic (exact) mass is 359 g/mol. The zero-order valence-corrected chi connectivity index (χ0v) is 16.2. The molecular formula is C22H33NO3. The Bertz CT molecular complexity index is 695. The molecule has 7 aliphatic rings. The van der Waals surface area contributed by atoms with Crippen molar-refractivity contribution in [2.24, 2.45) is 34.0 Å². The van der Waals surface area contributed by atoms with Crippen LogP contribution >= 0.6 is 0 Å². The first-order chi connectivity index (χ1) is 12.3. The van der Waals surface area contributed by atoms with Crippen molar-refractivity contribution in [1.82, 2.24) is 4.90 Å². The maximum Gasteiger partial charge on any atom is 0.303 e. The molecule has 0 aromatic heterocycles. The average molecular weight is 360 g/mol. The fourth-order valence-corrected chi connectivity index (χ4v) is 10.4. The van der Waals surface area contributed by atoms with E-state index in [4.69, 9.17) is 0 Å². The Kier molecular flexibility index (Phi) is 2.84. The maximum absolute atomic E-state index is 11.9. The molecule has 3 saturated heterocycles. The van der Waals surface area contributed by atoms with Crippen LogP contribution in [0.5, 0.6) is 0 Å². The standard InChI is InChI=1S/C22H33NO3/c1-13-12-23-17-14-5-8-20(17)7-3-4-15(20)21(9-6-16(24)25)18(23)22(13,26)11-10-19(14,21)2/h13-15,17-18,26H,3-12H2,1-2H3,(H,24,25)/t13-,14+,15-,17-,18-,19+,20-,21+,22+/m1/s1. The minimum absolute atomic E-state index is 0.00949. The Morgan fingerprint density at radius 3 is 2.77 bits per heavy atom. The van der Waals surface area contributed by atoms with Gasteiger partial charge in [-0.3, -0.25) is 9.69 Å². The summed E-state index contributed by atoms with van der Waals surface area (Å²) in [6.07, 6.45) is 9.70. The van der Waals surface area contributed by atoms with E-state index in [-0.39, 0.29) is 23.3 Å².